The lowest BCUT2D eigenvalue weighted by Gasteiger charge is -2.07. The molecule has 0 aliphatic carbocycles. The van der Waals surface area contributed by atoms with E-state index in [4.69, 9.17) is 4.74 Å². The summed E-state index contributed by atoms with van der Waals surface area (Å²) in [5.41, 5.74) is 1.56. The van der Waals surface area contributed by atoms with Gasteiger partial charge in [-0.1, -0.05) is 30.3 Å². The number of H-pyrrole nitrogens is 1. The lowest BCUT2D eigenvalue weighted by Crippen LogP contribution is -2.09. The molecule has 0 aliphatic rings. The van der Waals surface area contributed by atoms with Crippen molar-refractivity contribution in [3.63, 3.8) is 0 Å². The van der Waals surface area contributed by atoms with Crippen LogP contribution >= 0.6 is 11.8 Å². The minimum Gasteiger partial charge on any atom is -0.510 e. The number of carbonyl (C=O) groups is 1. The molecule has 1 heterocycles. The van der Waals surface area contributed by atoms with Gasteiger partial charge in [-0.25, -0.2) is 9.78 Å². The number of ether oxygens (including phenoxy) is 1. The number of imidazole rings is 1. The first-order chi connectivity index (χ1) is 11.7. The largest absolute Gasteiger partial charge is 0.510 e. The van der Waals surface area contributed by atoms with Crippen molar-refractivity contribution >= 4 is 34.3 Å². The minimum atomic E-state index is -0.625. The van der Waals surface area contributed by atoms with E-state index in [-0.39, 0.29) is 17.1 Å². The molecule has 0 bridgehead atoms. The van der Waals surface area contributed by atoms with Crippen molar-refractivity contribution < 1.29 is 14.6 Å². The highest BCUT2D eigenvalue weighted by atomic mass is 32.2. The first-order valence-electron chi connectivity index (χ1n) is 7.32. The van der Waals surface area contributed by atoms with Crippen LogP contribution in [0.5, 0.6) is 0 Å². The summed E-state index contributed by atoms with van der Waals surface area (Å²) in [6.45, 7) is 0. The van der Waals surface area contributed by atoms with Gasteiger partial charge < -0.3 is 14.8 Å². The van der Waals surface area contributed by atoms with E-state index in [1.807, 2.05) is 54.6 Å². The number of thioether (sulfide) groups is 1. The van der Waals surface area contributed by atoms with Gasteiger partial charge in [-0.05, 0) is 24.3 Å². The van der Waals surface area contributed by atoms with Gasteiger partial charge in [-0.15, -0.1) is 11.8 Å². The van der Waals surface area contributed by atoms with Crippen molar-refractivity contribution in [3.05, 3.63) is 66.2 Å². The zero-order chi connectivity index (χ0) is 16.9. The number of para-hydroxylation sites is 2. The Morgan fingerprint density at radius 3 is 2.58 bits per heavy atom. The Bertz CT molecular complexity index is 854. The van der Waals surface area contributed by atoms with Gasteiger partial charge in [0.15, 0.2) is 0 Å². The normalized spacial score (nSPS) is 12.0. The average molecular weight is 340 g/mol. The molecule has 0 spiro atoms. The number of aliphatic hydroxyl groups excluding tert-OH is 1. The Morgan fingerprint density at radius 1 is 1.17 bits per heavy atom. The van der Waals surface area contributed by atoms with Gasteiger partial charge in [-0.3, -0.25) is 0 Å². The molecule has 1 aromatic heterocycles. The van der Waals surface area contributed by atoms with Crippen molar-refractivity contribution in [1.82, 2.24) is 9.97 Å². The molecular weight excluding hydrogens is 324 g/mol. The number of hydrogen-bond donors (Lipinski definition) is 2. The van der Waals surface area contributed by atoms with Gasteiger partial charge >= 0.3 is 5.97 Å². The number of rotatable bonds is 5. The number of nitrogens with zero attached hydrogens (tertiary/aromatic N) is 1. The smallest absolute Gasteiger partial charge is 0.345 e. The van der Waals surface area contributed by atoms with E-state index < -0.39 is 5.97 Å². The molecule has 0 aliphatic heterocycles. The molecule has 0 saturated carbocycles. The standard InChI is InChI=1S/C18H16N2O3S/c1-23-18(22)16(15(21)11-24-12-7-3-2-4-8-12)17-19-13-9-5-6-10-14(13)20-17/h2-10,21H,11H2,1H3,(H,19,20)/b16-15+. The maximum atomic E-state index is 12.1. The zero-order valence-electron chi connectivity index (χ0n) is 13.0. The maximum Gasteiger partial charge on any atom is 0.345 e. The number of fused-ring (bicyclic) bond motifs is 1. The first kappa shape index (κ1) is 16.1. The van der Waals surface area contributed by atoms with Crippen LogP contribution in [0.4, 0.5) is 0 Å². The fourth-order valence-electron chi connectivity index (χ4n) is 2.27. The molecule has 2 N–H and O–H groups in total. The highest BCUT2D eigenvalue weighted by Gasteiger charge is 2.22. The van der Waals surface area contributed by atoms with Crippen LogP contribution < -0.4 is 0 Å². The molecule has 2 aromatic carbocycles. The third-order valence-corrected chi connectivity index (χ3v) is 4.45. The molecule has 3 aromatic rings. The van der Waals surface area contributed by atoms with E-state index in [0.29, 0.717) is 5.82 Å². The van der Waals surface area contributed by atoms with E-state index in [2.05, 4.69) is 9.97 Å². The second-order valence-corrected chi connectivity index (χ2v) is 6.07. The highest BCUT2D eigenvalue weighted by molar-refractivity contribution is 7.99. The molecule has 0 unspecified atom stereocenters. The van der Waals surface area contributed by atoms with Crippen molar-refractivity contribution in [3.8, 4) is 0 Å². The first-order valence-corrected chi connectivity index (χ1v) is 8.31. The number of aromatic amines is 1. The van der Waals surface area contributed by atoms with Gasteiger partial charge in [0.05, 0.1) is 23.9 Å². The Hall–Kier alpha value is -2.73. The molecule has 6 heteroatoms. The third-order valence-electron chi connectivity index (χ3n) is 3.42. The van der Waals surface area contributed by atoms with Gasteiger partial charge in [0.2, 0.25) is 0 Å². The Kier molecular flexibility index (Phi) is 4.86. The van der Waals surface area contributed by atoms with Crippen molar-refractivity contribution in [2.75, 3.05) is 12.9 Å². The predicted molar refractivity (Wildman–Crippen MR) is 94.8 cm³/mol. The lowest BCUT2D eigenvalue weighted by molar-refractivity contribution is -0.133. The molecular formula is C18H16N2O3S. The fraction of sp³-hybridized carbons (Fsp3) is 0.111. The molecule has 24 heavy (non-hydrogen) atoms. The summed E-state index contributed by atoms with van der Waals surface area (Å²) in [4.78, 5) is 20.6. The Labute approximate surface area is 143 Å². The zero-order valence-corrected chi connectivity index (χ0v) is 13.8. The van der Waals surface area contributed by atoms with Crippen LogP contribution in [0, 0.1) is 0 Å². The molecule has 122 valence electrons. The molecule has 0 amide bonds. The number of nitrogens with one attached hydrogen (secondary N) is 1. The van der Waals surface area contributed by atoms with Crippen LogP contribution in [-0.4, -0.2) is 33.9 Å². The topological polar surface area (TPSA) is 75.2 Å². The van der Waals surface area contributed by atoms with Crippen molar-refractivity contribution in [2.45, 2.75) is 4.90 Å². The maximum absolute atomic E-state index is 12.1. The van der Waals surface area contributed by atoms with Crippen LogP contribution in [0.15, 0.2) is 65.3 Å². The molecule has 3 rings (SSSR count). The van der Waals surface area contributed by atoms with Gasteiger partial charge in [0.1, 0.15) is 17.2 Å². The highest BCUT2D eigenvalue weighted by Crippen LogP contribution is 2.25. The quantitative estimate of drug-likeness (QED) is 0.320. The summed E-state index contributed by atoms with van der Waals surface area (Å²) in [7, 11) is 1.28. The van der Waals surface area contributed by atoms with E-state index in [1.54, 1.807) is 0 Å². The molecule has 0 radical (unpaired) electrons. The Balaban J connectivity index is 1.94. The summed E-state index contributed by atoms with van der Waals surface area (Å²) < 4.78 is 4.81. The van der Waals surface area contributed by atoms with Gasteiger partial charge in [-0.2, -0.15) is 0 Å². The minimum absolute atomic E-state index is 0.0529. The number of benzene rings is 2. The average Bonchev–Trinajstić information content (AvgIpc) is 3.04. The van der Waals surface area contributed by atoms with Crippen molar-refractivity contribution in [2.24, 2.45) is 0 Å². The van der Waals surface area contributed by atoms with Crippen molar-refractivity contribution in [1.29, 1.82) is 0 Å². The fourth-order valence-corrected chi connectivity index (χ4v) is 3.06. The summed E-state index contributed by atoms with van der Waals surface area (Å²) in [5.74, 6) is -0.157. The summed E-state index contributed by atoms with van der Waals surface area (Å²) >= 11 is 1.43. The summed E-state index contributed by atoms with van der Waals surface area (Å²) in [6.07, 6.45) is 0. The number of aliphatic hydroxyl groups is 1. The predicted octanol–water partition coefficient (Wildman–Crippen LogP) is 3.80. The van der Waals surface area contributed by atoms with Crippen LogP contribution in [-0.2, 0) is 9.53 Å². The molecule has 0 saturated heterocycles. The third kappa shape index (κ3) is 3.44. The lowest BCUT2D eigenvalue weighted by atomic mass is 10.2. The van der Waals surface area contributed by atoms with Gasteiger partial charge in [0, 0.05) is 4.90 Å². The van der Waals surface area contributed by atoms with E-state index in [1.165, 1.54) is 18.9 Å². The second-order valence-electron chi connectivity index (χ2n) is 5.02. The van der Waals surface area contributed by atoms with Crippen LogP contribution in [0.2, 0.25) is 0 Å². The Morgan fingerprint density at radius 2 is 1.88 bits per heavy atom. The van der Waals surface area contributed by atoms with Crippen LogP contribution in [0.25, 0.3) is 16.6 Å². The summed E-state index contributed by atoms with van der Waals surface area (Å²) in [5, 5.41) is 10.4. The molecule has 0 fully saturated rings. The number of esters is 1. The number of aromatic nitrogens is 2. The van der Waals surface area contributed by atoms with Crippen LogP contribution in [0.1, 0.15) is 5.82 Å². The van der Waals surface area contributed by atoms with E-state index in [9.17, 15) is 9.90 Å². The number of carbonyl (C=O) groups excluding carboxylic acids is 1. The SMILES string of the molecule is COC(=O)/C(=C(/O)CSc1ccccc1)c1nc2ccccc2[nH]1. The second kappa shape index (κ2) is 7.23. The monoisotopic (exact) mass is 340 g/mol. The number of hydrogen-bond acceptors (Lipinski definition) is 5. The van der Waals surface area contributed by atoms with E-state index >= 15 is 0 Å². The summed E-state index contributed by atoms with van der Waals surface area (Å²) in [6, 6.07) is 17.1. The number of methoxy groups -OCH3 is 1. The van der Waals surface area contributed by atoms with Gasteiger partial charge in [0.25, 0.3) is 0 Å². The van der Waals surface area contributed by atoms with Crippen LogP contribution in [0.3, 0.4) is 0 Å². The van der Waals surface area contributed by atoms with E-state index in [0.717, 1.165) is 15.9 Å². The molecule has 0 atom stereocenters. The molecule has 5 nitrogen and oxygen atoms in total.